The highest BCUT2D eigenvalue weighted by Gasteiger charge is 2.31. The summed E-state index contributed by atoms with van der Waals surface area (Å²) >= 11 is 1.40. The third-order valence-electron chi connectivity index (χ3n) is 4.58. The van der Waals surface area contributed by atoms with E-state index in [0.29, 0.717) is 5.75 Å². The molecule has 0 bridgehead atoms. The molecule has 8 N–H and O–H groups in total. The lowest BCUT2D eigenvalue weighted by molar-refractivity contribution is -0.143. The van der Waals surface area contributed by atoms with E-state index >= 15 is 0 Å². The Labute approximate surface area is 201 Å². The van der Waals surface area contributed by atoms with E-state index in [2.05, 4.69) is 16.0 Å². The second kappa shape index (κ2) is 15.9. The van der Waals surface area contributed by atoms with Gasteiger partial charge in [0.15, 0.2) is 0 Å². The molecule has 0 aliphatic heterocycles. The van der Waals surface area contributed by atoms with Gasteiger partial charge in [-0.2, -0.15) is 11.8 Å². The van der Waals surface area contributed by atoms with Gasteiger partial charge in [-0.3, -0.25) is 24.0 Å². The number of amides is 3. The largest absolute Gasteiger partial charge is 0.481 e. The van der Waals surface area contributed by atoms with Gasteiger partial charge in [-0.15, -0.1) is 0 Å². The summed E-state index contributed by atoms with van der Waals surface area (Å²) in [5.41, 5.74) is 5.55. The molecule has 0 spiro atoms. The number of carboxylic acids is 3. The molecule has 0 fully saturated rings. The van der Waals surface area contributed by atoms with Gasteiger partial charge in [0.05, 0.1) is 12.5 Å². The Kier molecular flexibility index (Phi) is 14.5. The van der Waals surface area contributed by atoms with E-state index < -0.39 is 72.6 Å². The van der Waals surface area contributed by atoms with Gasteiger partial charge in [0.2, 0.25) is 17.7 Å². The van der Waals surface area contributed by atoms with Crippen LogP contribution in [0.2, 0.25) is 0 Å². The van der Waals surface area contributed by atoms with Crippen molar-refractivity contribution in [3.8, 4) is 0 Å². The summed E-state index contributed by atoms with van der Waals surface area (Å²) < 4.78 is 0. The highest BCUT2D eigenvalue weighted by Crippen LogP contribution is 2.09. The van der Waals surface area contributed by atoms with Gasteiger partial charge in [0.25, 0.3) is 0 Å². The molecule has 0 saturated carbocycles. The Bertz CT molecular complexity index is 748. The molecule has 3 amide bonds. The molecule has 0 aromatic rings. The topological polar surface area (TPSA) is 225 Å². The molecule has 0 aliphatic carbocycles. The van der Waals surface area contributed by atoms with Crippen LogP contribution in [0.1, 0.15) is 46.0 Å². The number of nitrogens with two attached hydrogens (primary N) is 1. The molecule has 0 radical (unpaired) electrons. The monoisotopic (exact) mass is 506 g/mol. The number of thioether (sulfide) groups is 1. The lowest BCUT2D eigenvalue weighted by Crippen LogP contribution is -2.57. The summed E-state index contributed by atoms with van der Waals surface area (Å²) in [6, 6.07) is -5.09. The Morgan fingerprint density at radius 3 is 1.79 bits per heavy atom. The molecule has 4 unspecified atom stereocenters. The molecule has 0 aliphatic rings. The van der Waals surface area contributed by atoms with E-state index in [4.69, 9.17) is 15.9 Å². The third kappa shape index (κ3) is 13.0. The molecule has 0 rings (SSSR count). The smallest absolute Gasteiger partial charge is 0.326 e. The number of carboxylic acid groups (broad SMARTS) is 3. The number of aliphatic carboxylic acids is 3. The van der Waals surface area contributed by atoms with Crippen LogP contribution in [-0.4, -0.2) is 87.1 Å². The lowest BCUT2D eigenvalue weighted by Gasteiger charge is -2.26. The number of hydrogen-bond donors (Lipinski definition) is 7. The third-order valence-corrected chi connectivity index (χ3v) is 5.22. The fourth-order valence-corrected chi connectivity index (χ4v) is 3.31. The minimum absolute atomic E-state index is 0.0819. The van der Waals surface area contributed by atoms with E-state index in [9.17, 15) is 33.9 Å². The first-order valence-corrected chi connectivity index (χ1v) is 12.0. The molecular formula is C20H34N4O9S. The summed E-state index contributed by atoms with van der Waals surface area (Å²) in [5.74, 6) is -5.90. The Hall–Kier alpha value is -2.87. The van der Waals surface area contributed by atoms with Crippen LogP contribution >= 0.6 is 11.8 Å². The van der Waals surface area contributed by atoms with Crippen LogP contribution in [0.15, 0.2) is 0 Å². The van der Waals surface area contributed by atoms with Crippen molar-refractivity contribution in [2.24, 2.45) is 11.7 Å². The maximum atomic E-state index is 12.9. The van der Waals surface area contributed by atoms with Gasteiger partial charge in [0, 0.05) is 6.42 Å². The molecule has 34 heavy (non-hydrogen) atoms. The van der Waals surface area contributed by atoms with Crippen LogP contribution < -0.4 is 21.7 Å². The number of rotatable bonds is 17. The van der Waals surface area contributed by atoms with Crippen molar-refractivity contribution < 1.29 is 44.1 Å². The van der Waals surface area contributed by atoms with Crippen molar-refractivity contribution in [2.45, 2.75) is 70.1 Å². The van der Waals surface area contributed by atoms with Crippen molar-refractivity contribution in [1.29, 1.82) is 0 Å². The lowest BCUT2D eigenvalue weighted by atomic mass is 10.0. The van der Waals surface area contributed by atoms with Gasteiger partial charge < -0.3 is 37.0 Å². The molecule has 194 valence electrons. The number of nitrogens with one attached hydrogen (secondary N) is 3. The zero-order chi connectivity index (χ0) is 26.4. The van der Waals surface area contributed by atoms with Gasteiger partial charge in [-0.05, 0) is 37.2 Å². The van der Waals surface area contributed by atoms with Crippen molar-refractivity contribution in [3.05, 3.63) is 0 Å². The summed E-state index contributed by atoms with van der Waals surface area (Å²) in [6.07, 6.45) is 0.652. The first-order chi connectivity index (χ1) is 15.8. The SMILES string of the molecule is CSCCC(NC(=O)C(N)CC(=O)O)C(=O)NC(CC(C)C)C(=O)NC(CCC(=O)O)C(=O)O. The van der Waals surface area contributed by atoms with Crippen molar-refractivity contribution >= 4 is 47.4 Å². The van der Waals surface area contributed by atoms with Crippen molar-refractivity contribution in [2.75, 3.05) is 12.0 Å². The van der Waals surface area contributed by atoms with Crippen molar-refractivity contribution in [3.63, 3.8) is 0 Å². The molecule has 0 aromatic carbocycles. The summed E-state index contributed by atoms with van der Waals surface area (Å²) in [5, 5.41) is 34.0. The molecule has 4 atom stereocenters. The Morgan fingerprint density at radius 2 is 1.32 bits per heavy atom. The molecular weight excluding hydrogens is 472 g/mol. The fourth-order valence-electron chi connectivity index (χ4n) is 2.84. The van der Waals surface area contributed by atoms with Crippen molar-refractivity contribution in [1.82, 2.24) is 16.0 Å². The van der Waals surface area contributed by atoms with Crippen LogP contribution in [-0.2, 0) is 28.8 Å². The van der Waals surface area contributed by atoms with E-state index in [1.54, 1.807) is 20.1 Å². The molecule has 13 nitrogen and oxygen atoms in total. The average Bonchev–Trinajstić information content (AvgIpc) is 2.71. The zero-order valence-corrected chi connectivity index (χ0v) is 20.2. The van der Waals surface area contributed by atoms with Gasteiger partial charge in [-0.25, -0.2) is 4.79 Å². The molecule has 14 heteroatoms. The second-order valence-corrected chi connectivity index (χ2v) is 9.06. The Morgan fingerprint density at radius 1 is 0.794 bits per heavy atom. The van der Waals surface area contributed by atoms with Crippen LogP contribution in [0, 0.1) is 5.92 Å². The fraction of sp³-hybridized carbons (Fsp3) is 0.700. The standard InChI is InChI=1S/C20H34N4O9S/c1-10(2)8-14(19(31)23-13(20(32)33)4-5-15(25)26)24-18(30)12(6-7-34-3)22-17(29)11(21)9-16(27)28/h10-14H,4-9,21H2,1-3H3,(H,22,29)(H,23,31)(H,24,30)(H,25,26)(H,27,28)(H,32,33). The van der Waals surface area contributed by atoms with E-state index in [0.717, 1.165) is 0 Å². The minimum atomic E-state index is -1.46. The maximum Gasteiger partial charge on any atom is 0.326 e. The van der Waals surface area contributed by atoms with Gasteiger partial charge >= 0.3 is 17.9 Å². The number of hydrogen-bond acceptors (Lipinski definition) is 8. The number of carbonyl (C=O) groups excluding carboxylic acids is 3. The second-order valence-electron chi connectivity index (χ2n) is 8.07. The zero-order valence-electron chi connectivity index (χ0n) is 19.4. The minimum Gasteiger partial charge on any atom is -0.481 e. The first kappa shape index (κ1) is 31.1. The normalized spacial score (nSPS) is 14.4. The summed E-state index contributed by atoms with van der Waals surface area (Å²) in [4.78, 5) is 70.8. The summed E-state index contributed by atoms with van der Waals surface area (Å²) in [7, 11) is 0. The predicted octanol–water partition coefficient (Wildman–Crippen LogP) is -1.01. The van der Waals surface area contributed by atoms with Crippen LogP contribution in [0.3, 0.4) is 0 Å². The predicted molar refractivity (Wildman–Crippen MR) is 123 cm³/mol. The number of carbonyl (C=O) groups is 6. The highest BCUT2D eigenvalue weighted by atomic mass is 32.2. The molecule has 0 heterocycles. The highest BCUT2D eigenvalue weighted by molar-refractivity contribution is 7.98. The van der Waals surface area contributed by atoms with Gasteiger partial charge in [-0.1, -0.05) is 13.8 Å². The van der Waals surface area contributed by atoms with E-state index in [1.165, 1.54) is 11.8 Å². The molecule has 0 aromatic heterocycles. The van der Waals surface area contributed by atoms with E-state index in [1.807, 2.05) is 0 Å². The van der Waals surface area contributed by atoms with E-state index in [-0.39, 0.29) is 25.2 Å². The van der Waals surface area contributed by atoms with Crippen LogP contribution in [0.4, 0.5) is 0 Å². The van der Waals surface area contributed by atoms with Crippen LogP contribution in [0.5, 0.6) is 0 Å². The van der Waals surface area contributed by atoms with Crippen LogP contribution in [0.25, 0.3) is 0 Å². The molecule has 0 saturated heterocycles. The first-order valence-electron chi connectivity index (χ1n) is 10.6. The quantitative estimate of drug-likeness (QED) is 0.126. The van der Waals surface area contributed by atoms with Gasteiger partial charge in [0.1, 0.15) is 18.1 Å². The average molecular weight is 507 g/mol. The summed E-state index contributed by atoms with van der Waals surface area (Å²) in [6.45, 7) is 3.56. The maximum absolute atomic E-state index is 12.9. The Balaban J connectivity index is 5.48.